The van der Waals surface area contributed by atoms with E-state index in [0.717, 1.165) is 12.1 Å². The van der Waals surface area contributed by atoms with Crippen molar-refractivity contribution in [2.45, 2.75) is 51.1 Å². The molecule has 3 heteroatoms. The van der Waals surface area contributed by atoms with Crippen LogP contribution in [-0.4, -0.2) is 11.0 Å². The molecular weight excluding hydrogens is 203 g/mol. The van der Waals surface area contributed by atoms with Crippen molar-refractivity contribution >= 4 is 0 Å². The van der Waals surface area contributed by atoms with Gasteiger partial charge >= 0.3 is 0 Å². The van der Waals surface area contributed by atoms with Crippen LogP contribution in [0.4, 0.5) is 4.39 Å². The van der Waals surface area contributed by atoms with E-state index >= 15 is 0 Å². The van der Waals surface area contributed by atoms with Gasteiger partial charge in [0.05, 0.1) is 11.9 Å². The maximum absolute atomic E-state index is 12.8. The summed E-state index contributed by atoms with van der Waals surface area (Å²) in [7, 11) is 0. The van der Waals surface area contributed by atoms with E-state index in [0.29, 0.717) is 6.04 Å². The molecule has 0 spiro atoms. The number of aromatic nitrogens is 1. The van der Waals surface area contributed by atoms with Crippen molar-refractivity contribution in [1.29, 1.82) is 0 Å². The van der Waals surface area contributed by atoms with E-state index in [1.54, 1.807) is 6.07 Å². The van der Waals surface area contributed by atoms with Crippen LogP contribution in [-0.2, 0) is 0 Å². The van der Waals surface area contributed by atoms with Crippen LogP contribution in [0, 0.1) is 5.82 Å². The Balaban J connectivity index is 2.00. The van der Waals surface area contributed by atoms with Crippen LogP contribution < -0.4 is 5.32 Å². The average molecular weight is 222 g/mol. The summed E-state index contributed by atoms with van der Waals surface area (Å²) in [5, 5.41) is 3.62. The molecule has 1 N–H and O–H groups in total. The summed E-state index contributed by atoms with van der Waals surface area (Å²) >= 11 is 0. The lowest BCUT2D eigenvalue weighted by Gasteiger charge is -2.21. The van der Waals surface area contributed by atoms with Gasteiger partial charge in [-0.25, -0.2) is 4.39 Å². The van der Waals surface area contributed by atoms with Crippen LogP contribution in [0.25, 0.3) is 0 Å². The highest BCUT2D eigenvalue weighted by molar-refractivity contribution is 5.10. The smallest absolute Gasteiger partial charge is 0.141 e. The summed E-state index contributed by atoms with van der Waals surface area (Å²) in [5.74, 6) is -0.264. The highest BCUT2D eigenvalue weighted by Crippen LogP contribution is 2.23. The summed E-state index contributed by atoms with van der Waals surface area (Å²) in [5.41, 5.74) is 0.954. The highest BCUT2D eigenvalue weighted by Gasteiger charge is 2.19. The molecule has 0 bridgehead atoms. The van der Waals surface area contributed by atoms with Gasteiger partial charge in [0.2, 0.25) is 0 Å². The van der Waals surface area contributed by atoms with Crippen molar-refractivity contribution < 1.29 is 4.39 Å². The molecule has 0 aromatic carbocycles. The molecule has 1 atom stereocenters. The lowest BCUT2D eigenvalue weighted by atomic mass is 10.1. The minimum atomic E-state index is -0.264. The lowest BCUT2D eigenvalue weighted by Crippen LogP contribution is -2.30. The Bertz CT molecular complexity index is 317. The van der Waals surface area contributed by atoms with Gasteiger partial charge in [-0.3, -0.25) is 4.98 Å². The van der Waals surface area contributed by atoms with Crippen LogP contribution in [0.1, 0.15) is 50.8 Å². The van der Waals surface area contributed by atoms with Gasteiger partial charge in [0.25, 0.3) is 0 Å². The highest BCUT2D eigenvalue weighted by atomic mass is 19.1. The van der Waals surface area contributed by atoms with Gasteiger partial charge in [0, 0.05) is 12.1 Å². The number of rotatable bonds is 4. The summed E-state index contributed by atoms with van der Waals surface area (Å²) in [6.45, 7) is 2.14. The number of hydrogen-bond acceptors (Lipinski definition) is 2. The van der Waals surface area contributed by atoms with E-state index in [9.17, 15) is 4.39 Å². The SMILES string of the molecule is CCC(NC1CCCC1)c1ccc(F)cn1. The zero-order chi connectivity index (χ0) is 11.4. The lowest BCUT2D eigenvalue weighted by molar-refractivity contribution is 0.423. The molecular formula is C13H19FN2. The molecule has 1 saturated carbocycles. The van der Waals surface area contributed by atoms with Gasteiger partial charge in [-0.15, -0.1) is 0 Å². The average Bonchev–Trinajstić information content (AvgIpc) is 2.80. The fourth-order valence-corrected chi connectivity index (χ4v) is 2.38. The second-order valence-electron chi connectivity index (χ2n) is 4.51. The molecule has 16 heavy (non-hydrogen) atoms. The first-order valence-corrected chi connectivity index (χ1v) is 6.17. The van der Waals surface area contributed by atoms with Crippen LogP contribution in [0.5, 0.6) is 0 Å². The second-order valence-corrected chi connectivity index (χ2v) is 4.51. The molecule has 1 aliphatic rings. The topological polar surface area (TPSA) is 24.9 Å². The van der Waals surface area contributed by atoms with E-state index in [2.05, 4.69) is 17.2 Å². The molecule has 1 unspecified atom stereocenters. The van der Waals surface area contributed by atoms with Crippen molar-refractivity contribution in [3.63, 3.8) is 0 Å². The van der Waals surface area contributed by atoms with E-state index in [-0.39, 0.29) is 11.9 Å². The van der Waals surface area contributed by atoms with Crippen LogP contribution in [0.2, 0.25) is 0 Å². The number of pyridine rings is 1. The van der Waals surface area contributed by atoms with Crippen LogP contribution in [0.3, 0.4) is 0 Å². The standard InChI is InChI=1S/C13H19FN2/c1-2-12(16-11-5-3-4-6-11)13-8-7-10(14)9-15-13/h7-9,11-12,16H,2-6H2,1H3. The molecule has 0 aliphatic heterocycles. The number of halogens is 1. The molecule has 0 radical (unpaired) electrons. The Morgan fingerprint density at radius 1 is 1.44 bits per heavy atom. The largest absolute Gasteiger partial charge is 0.306 e. The van der Waals surface area contributed by atoms with Gasteiger partial charge in [0.15, 0.2) is 0 Å². The quantitative estimate of drug-likeness (QED) is 0.846. The number of nitrogens with zero attached hydrogens (tertiary/aromatic N) is 1. The maximum atomic E-state index is 12.8. The predicted octanol–water partition coefficient (Wildman–Crippen LogP) is 3.20. The summed E-state index contributed by atoms with van der Waals surface area (Å²) in [6.07, 6.45) is 7.47. The third-order valence-corrected chi connectivity index (χ3v) is 3.31. The summed E-state index contributed by atoms with van der Waals surface area (Å²) in [4.78, 5) is 4.15. The van der Waals surface area contributed by atoms with Crippen molar-refractivity contribution in [2.75, 3.05) is 0 Å². The molecule has 2 nitrogen and oxygen atoms in total. The van der Waals surface area contributed by atoms with Crippen LogP contribution >= 0.6 is 0 Å². The Morgan fingerprint density at radius 3 is 2.75 bits per heavy atom. The summed E-state index contributed by atoms with van der Waals surface area (Å²) in [6, 6.07) is 4.16. The van der Waals surface area contributed by atoms with E-state index in [4.69, 9.17) is 0 Å². The van der Waals surface area contributed by atoms with E-state index in [1.165, 1.54) is 37.9 Å². The maximum Gasteiger partial charge on any atom is 0.141 e. The molecule has 88 valence electrons. The fourth-order valence-electron chi connectivity index (χ4n) is 2.38. The fraction of sp³-hybridized carbons (Fsp3) is 0.615. The predicted molar refractivity (Wildman–Crippen MR) is 62.6 cm³/mol. The third-order valence-electron chi connectivity index (χ3n) is 3.31. The van der Waals surface area contributed by atoms with Crippen molar-refractivity contribution in [1.82, 2.24) is 10.3 Å². The van der Waals surface area contributed by atoms with Gasteiger partial charge < -0.3 is 5.32 Å². The number of hydrogen-bond donors (Lipinski definition) is 1. The Hall–Kier alpha value is -0.960. The Kier molecular flexibility index (Phi) is 3.88. The van der Waals surface area contributed by atoms with Gasteiger partial charge in [-0.1, -0.05) is 19.8 Å². The zero-order valence-corrected chi connectivity index (χ0v) is 9.75. The first-order chi connectivity index (χ1) is 7.79. The van der Waals surface area contributed by atoms with Gasteiger partial charge in [-0.05, 0) is 31.4 Å². The van der Waals surface area contributed by atoms with Gasteiger partial charge in [0.1, 0.15) is 5.82 Å². The molecule has 1 aliphatic carbocycles. The minimum absolute atomic E-state index is 0.264. The molecule has 2 rings (SSSR count). The van der Waals surface area contributed by atoms with Crippen LogP contribution in [0.15, 0.2) is 18.3 Å². The second kappa shape index (κ2) is 5.39. The van der Waals surface area contributed by atoms with Crippen molar-refractivity contribution in [2.24, 2.45) is 0 Å². The first-order valence-electron chi connectivity index (χ1n) is 6.17. The Morgan fingerprint density at radius 2 is 2.19 bits per heavy atom. The van der Waals surface area contributed by atoms with Crippen molar-refractivity contribution in [3.8, 4) is 0 Å². The molecule has 1 aromatic heterocycles. The minimum Gasteiger partial charge on any atom is -0.306 e. The molecule has 1 aromatic rings. The first kappa shape index (κ1) is 11.5. The monoisotopic (exact) mass is 222 g/mol. The zero-order valence-electron chi connectivity index (χ0n) is 9.75. The molecule has 0 saturated heterocycles. The third kappa shape index (κ3) is 2.79. The summed E-state index contributed by atoms with van der Waals surface area (Å²) < 4.78 is 12.8. The molecule has 1 heterocycles. The number of nitrogens with one attached hydrogen (secondary N) is 1. The molecule has 1 fully saturated rings. The normalized spacial score (nSPS) is 18.9. The van der Waals surface area contributed by atoms with Gasteiger partial charge in [-0.2, -0.15) is 0 Å². The van der Waals surface area contributed by atoms with E-state index < -0.39 is 0 Å². The van der Waals surface area contributed by atoms with E-state index in [1.807, 2.05) is 0 Å². The molecule has 0 amide bonds. The van der Waals surface area contributed by atoms with Crippen molar-refractivity contribution in [3.05, 3.63) is 29.8 Å². The Labute approximate surface area is 96.3 Å².